The summed E-state index contributed by atoms with van der Waals surface area (Å²) in [7, 11) is 1.56. The molecule has 2 aromatic carbocycles. The van der Waals surface area contributed by atoms with E-state index in [-0.39, 0.29) is 0 Å². The van der Waals surface area contributed by atoms with Crippen LogP contribution in [0.1, 0.15) is 11.6 Å². The molecular weight excluding hydrogens is 362 g/mol. The summed E-state index contributed by atoms with van der Waals surface area (Å²) in [5.74, 6) is -0.371. The molecule has 1 atom stereocenters. The van der Waals surface area contributed by atoms with Gasteiger partial charge in [-0.2, -0.15) is 0 Å². The van der Waals surface area contributed by atoms with Gasteiger partial charge in [0.1, 0.15) is 12.1 Å². The van der Waals surface area contributed by atoms with E-state index in [2.05, 4.69) is 20.8 Å². The fourth-order valence-electron chi connectivity index (χ4n) is 2.54. The lowest BCUT2D eigenvalue weighted by atomic mass is 10.1. The number of esters is 1. The van der Waals surface area contributed by atoms with E-state index < -0.39 is 24.5 Å². The number of tetrazole rings is 1. The molecule has 0 fully saturated rings. The van der Waals surface area contributed by atoms with Gasteiger partial charge in [0.2, 0.25) is 0 Å². The molecule has 0 unspecified atom stereocenters. The molecule has 0 saturated carbocycles. The van der Waals surface area contributed by atoms with Crippen molar-refractivity contribution in [2.24, 2.45) is 0 Å². The average molecular weight is 381 g/mol. The first-order chi connectivity index (χ1) is 13.7. The Morgan fingerprint density at radius 1 is 1.11 bits per heavy atom. The summed E-state index contributed by atoms with van der Waals surface area (Å²) in [5.41, 5.74) is 1.49. The first kappa shape index (κ1) is 19.0. The van der Waals surface area contributed by atoms with Crippen LogP contribution in [-0.4, -0.2) is 45.8 Å². The quantitative estimate of drug-likeness (QED) is 0.591. The van der Waals surface area contributed by atoms with Gasteiger partial charge >= 0.3 is 5.97 Å². The maximum Gasteiger partial charge on any atom is 0.331 e. The molecule has 28 heavy (non-hydrogen) atoms. The minimum atomic E-state index is -0.772. The number of benzene rings is 2. The van der Waals surface area contributed by atoms with Crippen molar-refractivity contribution in [2.75, 3.05) is 19.0 Å². The molecule has 0 aliphatic rings. The lowest BCUT2D eigenvalue weighted by Crippen LogP contribution is -2.28. The second kappa shape index (κ2) is 9.26. The zero-order valence-corrected chi connectivity index (χ0v) is 15.2. The van der Waals surface area contributed by atoms with Crippen molar-refractivity contribution in [3.63, 3.8) is 0 Å². The lowest BCUT2D eigenvalue weighted by Gasteiger charge is -2.15. The number of hydrogen-bond acceptors (Lipinski definition) is 7. The number of anilines is 1. The maximum absolute atomic E-state index is 12.6. The van der Waals surface area contributed by atoms with Gasteiger partial charge in [-0.3, -0.25) is 4.79 Å². The molecule has 0 saturated heterocycles. The molecule has 3 rings (SSSR count). The topological polar surface area (TPSA) is 108 Å². The minimum absolute atomic E-state index is 0.338. The van der Waals surface area contributed by atoms with Crippen LogP contribution in [0.4, 0.5) is 5.69 Å². The Bertz CT molecular complexity index is 898. The van der Waals surface area contributed by atoms with E-state index in [1.807, 2.05) is 30.3 Å². The highest BCUT2D eigenvalue weighted by atomic mass is 16.5. The van der Waals surface area contributed by atoms with Gasteiger partial charge in [0.05, 0.1) is 7.11 Å². The second-order valence-corrected chi connectivity index (χ2v) is 5.88. The number of hydrogen-bond donors (Lipinski definition) is 1. The number of ether oxygens (including phenoxy) is 2. The first-order valence-corrected chi connectivity index (χ1v) is 8.52. The monoisotopic (exact) mass is 381 g/mol. The fraction of sp³-hybridized carbons (Fsp3) is 0.211. The number of nitrogens with one attached hydrogen (secondary N) is 1. The minimum Gasteiger partial charge on any atom is -0.497 e. The highest BCUT2D eigenvalue weighted by molar-refractivity contribution is 5.93. The summed E-state index contributed by atoms with van der Waals surface area (Å²) in [6.45, 7) is -0.418. The Morgan fingerprint density at radius 2 is 1.86 bits per heavy atom. The first-order valence-electron chi connectivity index (χ1n) is 8.52. The summed E-state index contributed by atoms with van der Waals surface area (Å²) < 4.78 is 11.6. The number of rotatable bonds is 8. The number of carbonyl (C=O) groups is 2. The van der Waals surface area contributed by atoms with E-state index in [0.29, 0.717) is 17.9 Å². The number of amides is 1. The molecule has 1 N–H and O–H groups in total. The maximum atomic E-state index is 12.6. The molecule has 1 aromatic heterocycles. The van der Waals surface area contributed by atoms with Crippen molar-refractivity contribution in [3.8, 4) is 5.75 Å². The van der Waals surface area contributed by atoms with E-state index in [9.17, 15) is 9.59 Å². The van der Waals surface area contributed by atoms with Crippen molar-refractivity contribution >= 4 is 17.6 Å². The third-order valence-electron chi connectivity index (χ3n) is 3.95. The molecule has 3 aromatic rings. The van der Waals surface area contributed by atoms with Crippen LogP contribution in [-0.2, 0) is 20.7 Å². The van der Waals surface area contributed by atoms with Crippen molar-refractivity contribution in [3.05, 3.63) is 66.5 Å². The summed E-state index contributed by atoms with van der Waals surface area (Å²) in [4.78, 5) is 24.6. The molecule has 0 radical (unpaired) electrons. The van der Waals surface area contributed by atoms with Gasteiger partial charge in [-0.1, -0.05) is 30.3 Å². The fourth-order valence-corrected chi connectivity index (χ4v) is 2.54. The zero-order chi connectivity index (χ0) is 19.8. The zero-order valence-electron chi connectivity index (χ0n) is 15.2. The van der Waals surface area contributed by atoms with Crippen LogP contribution in [0.2, 0.25) is 0 Å². The Balaban J connectivity index is 1.59. The van der Waals surface area contributed by atoms with Gasteiger partial charge in [0, 0.05) is 12.1 Å². The average Bonchev–Trinajstić information content (AvgIpc) is 3.26. The van der Waals surface area contributed by atoms with Crippen LogP contribution in [0.25, 0.3) is 0 Å². The van der Waals surface area contributed by atoms with Crippen molar-refractivity contribution in [1.82, 2.24) is 20.2 Å². The van der Waals surface area contributed by atoms with E-state index in [1.54, 1.807) is 31.4 Å². The van der Waals surface area contributed by atoms with Crippen molar-refractivity contribution in [2.45, 2.75) is 12.5 Å². The Kier molecular flexibility index (Phi) is 6.29. The SMILES string of the molecule is COc1ccc(NC(=O)COC(=O)[C@@H](Cc2ccccc2)n2cnnn2)cc1. The van der Waals surface area contributed by atoms with Gasteiger partial charge in [-0.05, 0) is 40.3 Å². The third kappa shape index (κ3) is 5.13. The highest BCUT2D eigenvalue weighted by Gasteiger charge is 2.24. The summed E-state index contributed by atoms with van der Waals surface area (Å²) in [5, 5.41) is 13.6. The van der Waals surface area contributed by atoms with Gasteiger partial charge in [0.25, 0.3) is 5.91 Å². The molecule has 9 nitrogen and oxygen atoms in total. The molecule has 9 heteroatoms. The van der Waals surface area contributed by atoms with E-state index in [0.717, 1.165) is 5.56 Å². The highest BCUT2D eigenvalue weighted by Crippen LogP contribution is 2.16. The molecule has 0 bridgehead atoms. The Labute approximate surface area is 161 Å². The largest absolute Gasteiger partial charge is 0.497 e. The Morgan fingerprint density at radius 3 is 2.50 bits per heavy atom. The predicted molar refractivity (Wildman–Crippen MR) is 99.6 cm³/mol. The van der Waals surface area contributed by atoms with Gasteiger partial charge in [-0.15, -0.1) is 5.10 Å². The van der Waals surface area contributed by atoms with Gasteiger partial charge < -0.3 is 14.8 Å². The van der Waals surface area contributed by atoms with E-state index in [1.165, 1.54) is 11.0 Å². The number of methoxy groups -OCH3 is 1. The normalized spacial score (nSPS) is 11.5. The molecule has 1 amide bonds. The standard InChI is InChI=1S/C19H19N5O4/c1-27-16-9-7-15(8-10-16)21-18(25)12-28-19(26)17(24-13-20-22-23-24)11-14-5-3-2-4-6-14/h2-10,13,17H,11-12H2,1H3,(H,21,25)/t17-/m1/s1. The molecule has 0 aliphatic heterocycles. The van der Waals surface area contributed by atoms with E-state index in [4.69, 9.17) is 9.47 Å². The van der Waals surface area contributed by atoms with Gasteiger partial charge in [0.15, 0.2) is 12.6 Å². The van der Waals surface area contributed by atoms with Crippen LogP contribution >= 0.6 is 0 Å². The van der Waals surface area contributed by atoms with Crippen LogP contribution in [0.15, 0.2) is 60.9 Å². The molecular formula is C19H19N5O4. The van der Waals surface area contributed by atoms with Crippen LogP contribution in [0, 0.1) is 0 Å². The molecule has 0 aliphatic carbocycles. The predicted octanol–water partition coefficient (Wildman–Crippen LogP) is 1.65. The van der Waals surface area contributed by atoms with Crippen molar-refractivity contribution < 1.29 is 19.1 Å². The summed E-state index contributed by atoms with van der Waals surface area (Å²) in [6.07, 6.45) is 1.68. The number of nitrogens with zero attached hydrogens (tertiary/aromatic N) is 4. The molecule has 1 heterocycles. The second-order valence-electron chi connectivity index (χ2n) is 5.88. The third-order valence-corrected chi connectivity index (χ3v) is 3.95. The van der Waals surface area contributed by atoms with Gasteiger partial charge in [-0.25, -0.2) is 9.48 Å². The Hall–Kier alpha value is -3.75. The van der Waals surface area contributed by atoms with Crippen molar-refractivity contribution in [1.29, 1.82) is 0 Å². The molecule has 144 valence electrons. The number of carbonyl (C=O) groups excluding carboxylic acids is 2. The summed E-state index contributed by atoms with van der Waals surface area (Å²) in [6, 6.07) is 15.5. The number of aromatic nitrogens is 4. The van der Waals surface area contributed by atoms with Crippen LogP contribution in [0.3, 0.4) is 0 Å². The van der Waals surface area contributed by atoms with Crippen LogP contribution < -0.4 is 10.1 Å². The molecule has 0 spiro atoms. The van der Waals surface area contributed by atoms with E-state index >= 15 is 0 Å². The lowest BCUT2D eigenvalue weighted by molar-refractivity contribution is -0.151. The smallest absolute Gasteiger partial charge is 0.331 e. The summed E-state index contributed by atoms with van der Waals surface area (Å²) >= 11 is 0. The van der Waals surface area contributed by atoms with Crippen LogP contribution in [0.5, 0.6) is 5.75 Å².